The Balaban J connectivity index is 2.55. The van der Waals surface area contributed by atoms with Gasteiger partial charge in [-0.15, -0.1) is 0 Å². The van der Waals surface area contributed by atoms with E-state index in [9.17, 15) is 13.2 Å². The van der Waals surface area contributed by atoms with Crippen LogP contribution < -0.4 is 10.0 Å². The highest BCUT2D eigenvalue weighted by molar-refractivity contribution is 7.89. The van der Waals surface area contributed by atoms with Crippen LogP contribution >= 0.6 is 0 Å². The van der Waals surface area contributed by atoms with Gasteiger partial charge in [-0.3, -0.25) is 4.79 Å². The normalized spacial score (nSPS) is 12.4. The van der Waals surface area contributed by atoms with Crippen LogP contribution in [0.4, 0.5) is 0 Å². The van der Waals surface area contributed by atoms with Gasteiger partial charge >= 0.3 is 0 Å². The first-order valence-corrected chi connectivity index (χ1v) is 8.12. The Kier molecular flexibility index (Phi) is 5.29. The zero-order valence-electron chi connectivity index (χ0n) is 12.3. The molecule has 0 aliphatic carbocycles. The van der Waals surface area contributed by atoms with Crippen LogP contribution in [0.15, 0.2) is 6.33 Å². The first-order valence-electron chi connectivity index (χ1n) is 6.46. The molecule has 0 spiro atoms. The van der Waals surface area contributed by atoms with E-state index in [1.165, 1.54) is 6.33 Å². The largest absolute Gasteiger partial charge is 0.349 e. The molecule has 0 saturated heterocycles. The van der Waals surface area contributed by atoms with Crippen molar-refractivity contribution in [1.29, 1.82) is 0 Å². The molecule has 7 nitrogen and oxygen atoms in total. The Bertz CT molecular complexity index is 558. The summed E-state index contributed by atoms with van der Waals surface area (Å²) >= 11 is 0. The molecule has 0 aromatic carbocycles. The lowest BCUT2D eigenvalue weighted by Crippen LogP contribution is -2.36. The second-order valence-corrected chi connectivity index (χ2v) is 7.53. The minimum absolute atomic E-state index is 0.0223. The molecule has 0 aliphatic rings. The van der Waals surface area contributed by atoms with Gasteiger partial charge in [-0.05, 0) is 6.92 Å². The van der Waals surface area contributed by atoms with Crippen LogP contribution in [0.2, 0.25) is 0 Å². The van der Waals surface area contributed by atoms with Gasteiger partial charge in [0.15, 0.2) is 0 Å². The van der Waals surface area contributed by atoms with E-state index in [2.05, 4.69) is 20.0 Å². The Morgan fingerprint density at radius 2 is 2.00 bits per heavy atom. The van der Waals surface area contributed by atoms with Gasteiger partial charge in [-0.25, -0.2) is 18.1 Å². The van der Waals surface area contributed by atoms with Gasteiger partial charge in [-0.1, -0.05) is 20.8 Å². The number of rotatable bonds is 6. The number of nitrogens with one attached hydrogen (secondary N) is 3. The molecule has 0 saturated carbocycles. The van der Waals surface area contributed by atoms with Crippen molar-refractivity contribution in [2.24, 2.45) is 0 Å². The first kappa shape index (κ1) is 16.6. The van der Waals surface area contributed by atoms with Crippen LogP contribution in [0.5, 0.6) is 0 Å². The number of carbonyl (C=O) groups excluding carboxylic acids is 1. The highest BCUT2D eigenvalue weighted by Crippen LogP contribution is 2.22. The van der Waals surface area contributed by atoms with Crippen molar-refractivity contribution in [1.82, 2.24) is 20.0 Å². The molecule has 0 atom stereocenters. The summed E-state index contributed by atoms with van der Waals surface area (Å²) in [5, 5.41) is 2.65. The average Bonchev–Trinajstić information content (AvgIpc) is 2.83. The molecule has 114 valence electrons. The van der Waals surface area contributed by atoms with E-state index in [0.29, 0.717) is 5.69 Å². The zero-order chi connectivity index (χ0) is 15.4. The van der Waals surface area contributed by atoms with Crippen LogP contribution in [0.25, 0.3) is 0 Å². The van der Waals surface area contributed by atoms with E-state index in [4.69, 9.17) is 0 Å². The van der Waals surface area contributed by atoms with Gasteiger partial charge in [-0.2, -0.15) is 0 Å². The summed E-state index contributed by atoms with van der Waals surface area (Å²) in [7, 11) is -3.23. The molecule has 8 heteroatoms. The number of amides is 1. The van der Waals surface area contributed by atoms with Crippen molar-refractivity contribution >= 4 is 15.9 Å². The number of H-pyrrole nitrogens is 1. The van der Waals surface area contributed by atoms with E-state index < -0.39 is 10.0 Å². The molecule has 1 aromatic rings. The van der Waals surface area contributed by atoms with Gasteiger partial charge in [0, 0.05) is 18.5 Å². The van der Waals surface area contributed by atoms with Gasteiger partial charge in [0.1, 0.15) is 5.69 Å². The lowest BCUT2D eigenvalue weighted by Gasteiger charge is -2.17. The van der Waals surface area contributed by atoms with Crippen LogP contribution in [-0.2, 0) is 15.4 Å². The summed E-state index contributed by atoms with van der Waals surface area (Å²) < 4.78 is 24.8. The molecular formula is C12H22N4O3S. The van der Waals surface area contributed by atoms with Crippen molar-refractivity contribution in [3.05, 3.63) is 17.7 Å². The van der Waals surface area contributed by atoms with Gasteiger partial charge in [0.05, 0.1) is 17.8 Å². The summed E-state index contributed by atoms with van der Waals surface area (Å²) in [6.07, 6.45) is 1.48. The number of imidazole rings is 1. The highest BCUT2D eigenvalue weighted by Gasteiger charge is 2.24. The maximum absolute atomic E-state index is 12.0. The molecule has 0 bridgehead atoms. The number of aromatic amines is 1. The molecule has 1 aromatic heterocycles. The molecule has 3 N–H and O–H groups in total. The molecule has 1 amide bonds. The predicted octanol–water partition coefficient (Wildman–Crippen LogP) is 0.376. The third-order valence-corrected chi connectivity index (χ3v) is 4.12. The van der Waals surface area contributed by atoms with Crippen molar-refractivity contribution in [2.75, 3.05) is 18.8 Å². The van der Waals surface area contributed by atoms with Crippen LogP contribution in [0.1, 0.15) is 43.9 Å². The fourth-order valence-electron chi connectivity index (χ4n) is 1.61. The van der Waals surface area contributed by atoms with E-state index in [1.54, 1.807) is 6.92 Å². The Hall–Kier alpha value is -1.41. The summed E-state index contributed by atoms with van der Waals surface area (Å²) in [5.74, 6) is -0.291. The highest BCUT2D eigenvalue weighted by atomic mass is 32.2. The molecular weight excluding hydrogens is 280 g/mol. The van der Waals surface area contributed by atoms with Gasteiger partial charge in [0.25, 0.3) is 5.91 Å². The third-order valence-electron chi connectivity index (χ3n) is 2.72. The molecule has 0 unspecified atom stereocenters. The van der Waals surface area contributed by atoms with Crippen LogP contribution in [0, 0.1) is 0 Å². The molecule has 1 heterocycles. The van der Waals surface area contributed by atoms with Crippen molar-refractivity contribution in [3.63, 3.8) is 0 Å². The van der Waals surface area contributed by atoms with Crippen molar-refractivity contribution in [3.8, 4) is 0 Å². The average molecular weight is 302 g/mol. The lowest BCUT2D eigenvalue weighted by molar-refractivity contribution is 0.0947. The van der Waals surface area contributed by atoms with E-state index in [-0.39, 0.29) is 30.2 Å². The quantitative estimate of drug-likeness (QED) is 0.661. The second-order valence-electron chi connectivity index (χ2n) is 5.43. The van der Waals surface area contributed by atoms with E-state index in [1.807, 2.05) is 20.8 Å². The van der Waals surface area contributed by atoms with E-state index in [0.717, 1.165) is 5.69 Å². The Labute approximate surface area is 119 Å². The fourth-order valence-corrected chi connectivity index (χ4v) is 2.22. The van der Waals surface area contributed by atoms with Crippen molar-refractivity contribution in [2.45, 2.75) is 33.1 Å². The Morgan fingerprint density at radius 1 is 1.35 bits per heavy atom. The standard InChI is InChI=1S/C12H22N4O3S/c1-5-20(18,19)16-7-6-13-11(17)9-10(12(2,3)4)15-8-14-9/h8,16H,5-7H2,1-4H3,(H,13,17)(H,14,15). The molecule has 20 heavy (non-hydrogen) atoms. The number of hydrogen-bond donors (Lipinski definition) is 3. The minimum atomic E-state index is -3.23. The summed E-state index contributed by atoms with van der Waals surface area (Å²) in [6, 6.07) is 0. The van der Waals surface area contributed by atoms with Crippen molar-refractivity contribution < 1.29 is 13.2 Å². The smallest absolute Gasteiger partial charge is 0.271 e. The summed E-state index contributed by atoms with van der Waals surface area (Å²) in [5.41, 5.74) is 0.882. The van der Waals surface area contributed by atoms with Gasteiger partial charge < -0.3 is 10.3 Å². The third kappa shape index (κ3) is 4.61. The summed E-state index contributed by atoms with van der Waals surface area (Å²) in [4.78, 5) is 19.0. The lowest BCUT2D eigenvalue weighted by atomic mass is 9.90. The topological polar surface area (TPSA) is 104 Å². The van der Waals surface area contributed by atoms with Crippen LogP contribution in [-0.4, -0.2) is 43.1 Å². The monoisotopic (exact) mass is 302 g/mol. The SMILES string of the molecule is CCS(=O)(=O)NCCNC(=O)c1nc[nH]c1C(C)(C)C. The minimum Gasteiger partial charge on any atom is -0.349 e. The molecule has 0 radical (unpaired) electrons. The number of sulfonamides is 1. The number of aromatic nitrogens is 2. The molecule has 0 fully saturated rings. The maximum atomic E-state index is 12.0. The zero-order valence-corrected chi connectivity index (χ0v) is 13.1. The van der Waals surface area contributed by atoms with Gasteiger partial charge in [0.2, 0.25) is 10.0 Å². The Morgan fingerprint density at radius 3 is 2.55 bits per heavy atom. The van der Waals surface area contributed by atoms with E-state index >= 15 is 0 Å². The maximum Gasteiger partial charge on any atom is 0.271 e. The fraction of sp³-hybridized carbons (Fsp3) is 0.667. The summed E-state index contributed by atoms with van der Waals surface area (Å²) in [6.45, 7) is 7.87. The first-order chi connectivity index (χ1) is 9.17. The predicted molar refractivity (Wildman–Crippen MR) is 77.1 cm³/mol. The number of hydrogen-bond acceptors (Lipinski definition) is 4. The number of carbonyl (C=O) groups is 1. The second kappa shape index (κ2) is 6.36. The number of nitrogens with zero attached hydrogens (tertiary/aromatic N) is 1. The molecule has 1 rings (SSSR count). The van der Waals surface area contributed by atoms with Crippen LogP contribution in [0.3, 0.4) is 0 Å². The molecule has 0 aliphatic heterocycles.